The quantitative estimate of drug-likeness (QED) is 0.633. The number of aromatic hydroxyl groups is 1. The molecule has 4 nitrogen and oxygen atoms in total. The van der Waals surface area contributed by atoms with Crippen LogP contribution < -0.4 is 0 Å². The Morgan fingerprint density at radius 3 is 2.82 bits per heavy atom. The summed E-state index contributed by atoms with van der Waals surface area (Å²) in [5, 5.41) is 20.8. The molecule has 22 heavy (non-hydrogen) atoms. The molecule has 2 aromatic rings. The Hall–Kier alpha value is -0.960. The SMILES string of the molecule is N=C1S/C(=C\c2cc(Br)cc(Br)c2O)C(=O)[C@H]1c1nccs1. The van der Waals surface area contributed by atoms with Gasteiger partial charge in [0.25, 0.3) is 0 Å². The lowest BCUT2D eigenvalue weighted by molar-refractivity contribution is -0.114. The first-order valence-electron chi connectivity index (χ1n) is 6.07. The number of nitrogens with zero attached hydrogens (tertiary/aromatic N) is 1. The molecule has 0 radical (unpaired) electrons. The molecule has 2 N–H and O–H groups in total. The van der Waals surface area contributed by atoms with Crippen LogP contribution in [-0.4, -0.2) is 20.9 Å². The average Bonchev–Trinajstić information content (AvgIpc) is 3.05. The van der Waals surface area contributed by atoms with E-state index in [1.54, 1.807) is 29.8 Å². The number of phenolic OH excluding ortho intramolecular Hbond substituents is 1. The molecular formula is C14H8Br2N2O2S2. The summed E-state index contributed by atoms with van der Waals surface area (Å²) in [5.41, 5.74) is 0.518. The van der Waals surface area contributed by atoms with Crippen molar-refractivity contribution in [2.24, 2.45) is 0 Å². The smallest absolute Gasteiger partial charge is 0.186 e. The fourth-order valence-electron chi connectivity index (χ4n) is 2.03. The van der Waals surface area contributed by atoms with E-state index in [9.17, 15) is 9.90 Å². The number of nitrogens with one attached hydrogen (secondary N) is 1. The summed E-state index contributed by atoms with van der Waals surface area (Å²) in [4.78, 5) is 17.1. The third-order valence-electron chi connectivity index (χ3n) is 3.03. The van der Waals surface area contributed by atoms with Crippen LogP contribution in [0.25, 0.3) is 6.08 Å². The van der Waals surface area contributed by atoms with Gasteiger partial charge in [-0.3, -0.25) is 10.2 Å². The van der Waals surface area contributed by atoms with Gasteiger partial charge in [0.1, 0.15) is 16.7 Å². The lowest BCUT2D eigenvalue weighted by Crippen LogP contribution is -2.11. The monoisotopic (exact) mass is 458 g/mol. The van der Waals surface area contributed by atoms with E-state index in [0.29, 0.717) is 19.9 Å². The molecule has 1 aliphatic heterocycles. The van der Waals surface area contributed by atoms with Gasteiger partial charge in [0, 0.05) is 21.6 Å². The van der Waals surface area contributed by atoms with Crippen LogP contribution in [0.15, 0.2) is 37.6 Å². The Bertz CT molecular complexity index is 803. The van der Waals surface area contributed by atoms with E-state index in [1.807, 2.05) is 0 Å². The number of ketones is 1. The minimum Gasteiger partial charge on any atom is -0.506 e. The van der Waals surface area contributed by atoms with Gasteiger partial charge in [-0.05, 0) is 34.1 Å². The van der Waals surface area contributed by atoms with Crippen molar-refractivity contribution in [1.82, 2.24) is 4.98 Å². The van der Waals surface area contributed by atoms with Crippen LogP contribution in [0.5, 0.6) is 5.75 Å². The van der Waals surface area contributed by atoms with Crippen LogP contribution in [0.2, 0.25) is 0 Å². The van der Waals surface area contributed by atoms with E-state index in [0.717, 1.165) is 16.2 Å². The molecular weight excluding hydrogens is 452 g/mol. The Balaban J connectivity index is 2.00. The first-order chi connectivity index (χ1) is 10.5. The average molecular weight is 460 g/mol. The summed E-state index contributed by atoms with van der Waals surface area (Å²) < 4.78 is 1.32. The van der Waals surface area contributed by atoms with E-state index in [4.69, 9.17) is 5.41 Å². The van der Waals surface area contributed by atoms with Gasteiger partial charge in [-0.15, -0.1) is 11.3 Å². The molecule has 0 saturated carbocycles. The van der Waals surface area contributed by atoms with Gasteiger partial charge in [0.05, 0.1) is 14.4 Å². The summed E-state index contributed by atoms with van der Waals surface area (Å²) in [7, 11) is 0. The third kappa shape index (κ3) is 2.92. The van der Waals surface area contributed by atoms with Crippen LogP contribution in [0.3, 0.4) is 0 Å². The number of rotatable bonds is 2. The second kappa shape index (κ2) is 6.27. The molecule has 1 atom stereocenters. The van der Waals surface area contributed by atoms with Crippen molar-refractivity contribution < 1.29 is 9.90 Å². The summed E-state index contributed by atoms with van der Waals surface area (Å²) >= 11 is 9.10. The normalized spacial score (nSPS) is 20.1. The standard InChI is InChI=1S/C14H8Br2N2O2S2/c15-7-3-6(11(19)8(16)5-7)4-9-12(20)10(13(17)22-9)14-18-1-2-21-14/h1-5,10,17,19H/b9-4-,17-13?/t10-/m1/s1. The van der Waals surface area contributed by atoms with Crippen LogP contribution in [-0.2, 0) is 4.79 Å². The lowest BCUT2D eigenvalue weighted by Gasteiger charge is -2.04. The van der Waals surface area contributed by atoms with Crippen molar-refractivity contribution in [2.45, 2.75) is 5.92 Å². The van der Waals surface area contributed by atoms with Gasteiger partial charge >= 0.3 is 0 Å². The van der Waals surface area contributed by atoms with Crippen LogP contribution in [0, 0.1) is 5.41 Å². The number of hydrogen-bond acceptors (Lipinski definition) is 6. The number of aromatic nitrogens is 1. The fraction of sp³-hybridized carbons (Fsp3) is 0.0714. The molecule has 0 spiro atoms. The van der Waals surface area contributed by atoms with E-state index < -0.39 is 5.92 Å². The molecule has 0 unspecified atom stereocenters. The molecule has 1 saturated heterocycles. The Labute approximate surface area is 151 Å². The van der Waals surface area contributed by atoms with Crippen molar-refractivity contribution in [3.8, 4) is 5.75 Å². The zero-order valence-corrected chi connectivity index (χ0v) is 15.6. The number of allylic oxidation sites excluding steroid dienone is 1. The number of Topliss-reactive ketones (excluding diaryl/α,β-unsaturated/α-hetero) is 1. The van der Waals surface area contributed by atoms with E-state index in [2.05, 4.69) is 36.8 Å². The second-order valence-electron chi connectivity index (χ2n) is 4.47. The first-order valence-corrected chi connectivity index (χ1v) is 9.35. The maximum Gasteiger partial charge on any atom is 0.186 e. The van der Waals surface area contributed by atoms with E-state index >= 15 is 0 Å². The third-order valence-corrected chi connectivity index (χ3v) is 5.93. The highest BCUT2D eigenvalue weighted by atomic mass is 79.9. The first kappa shape index (κ1) is 15.9. The van der Waals surface area contributed by atoms with Gasteiger partial charge in [-0.2, -0.15) is 0 Å². The maximum absolute atomic E-state index is 12.5. The number of thiazole rings is 1. The molecule has 8 heteroatoms. The van der Waals surface area contributed by atoms with Gasteiger partial charge in [0.2, 0.25) is 0 Å². The molecule has 0 amide bonds. The van der Waals surface area contributed by atoms with Crippen LogP contribution in [0.4, 0.5) is 0 Å². The molecule has 0 bridgehead atoms. The summed E-state index contributed by atoms with van der Waals surface area (Å²) in [6.07, 6.45) is 3.24. The van der Waals surface area contributed by atoms with Crippen molar-refractivity contribution in [1.29, 1.82) is 5.41 Å². The molecule has 1 aromatic heterocycles. The van der Waals surface area contributed by atoms with E-state index in [1.165, 1.54) is 11.3 Å². The van der Waals surface area contributed by atoms with Gasteiger partial charge in [-0.1, -0.05) is 27.7 Å². The molecule has 112 valence electrons. The molecule has 1 aliphatic rings. The Kier molecular flexibility index (Phi) is 4.54. The number of halogens is 2. The maximum atomic E-state index is 12.5. The number of hydrogen-bond donors (Lipinski definition) is 2. The van der Waals surface area contributed by atoms with Gasteiger partial charge in [0.15, 0.2) is 5.78 Å². The predicted molar refractivity (Wildman–Crippen MR) is 96.7 cm³/mol. The fourth-order valence-corrected chi connectivity index (χ4v) is 5.08. The zero-order chi connectivity index (χ0) is 15.9. The largest absolute Gasteiger partial charge is 0.506 e. The van der Waals surface area contributed by atoms with Crippen LogP contribution in [0.1, 0.15) is 16.5 Å². The summed E-state index contributed by atoms with van der Waals surface area (Å²) in [6, 6.07) is 3.45. The minimum absolute atomic E-state index is 0.0633. The molecule has 0 aliphatic carbocycles. The van der Waals surface area contributed by atoms with E-state index in [-0.39, 0.29) is 16.6 Å². The predicted octanol–water partition coefficient (Wildman–Crippen LogP) is 4.79. The highest BCUT2D eigenvalue weighted by Gasteiger charge is 2.38. The highest BCUT2D eigenvalue weighted by molar-refractivity contribution is 9.11. The van der Waals surface area contributed by atoms with Gasteiger partial charge < -0.3 is 5.11 Å². The summed E-state index contributed by atoms with van der Waals surface area (Å²) in [5.74, 6) is -0.706. The minimum atomic E-state index is -0.617. The van der Waals surface area contributed by atoms with Crippen molar-refractivity contribution >= 4 is 71.9 Å². The number of thioether (sulfide) groups is 1. The molecule has 1 aromatic carbocycles. The number of carbonyl (C=O) groups is 1. The highest BCUT2D eigenvalue weighted by Crippen LogP contribution is 2.42. The molecule has 2 heterocycles. The lowest BCUT2D eigenvalue weighted by atomic mass is 10.0. The van der Waals surface area contributed by atoms with Crippen molar-refractivity contribution in [3.63, 3.8) is 0 Å². The zero-order valence-electron chi connectivity index (χ0n) is 10.8. The molecule has 3 rings (SSSR count). The second-order valence-corrected chi connectivity index (χ2v) is 8.25. The molecule has 1 fully saturated rings. The van der Waals surface area contributed by atoms with Crippen molar-refractivity contribution in [2.75, 3.05) is 0 Å². The van der Waals surface area contributed by atoms with Gasteiger partial charge in [-0.25, -0.2) is 4.98 Å². The Morgan fingerprint density at radius 2 is 2.14 bits per heavy atom. The number of phenols is 1. The summed E-state index contributed by atoms with van der Waals surface area (Å²) in [6.45, 7) is 0. The number of benzene rings is 1. The topological polar surface area (TPSA) is 74.0 Å². The number of carbonyl (C=O) groups excluding carboxylic acids is 1. The van der Waals surface area contributed by atoms with Crippen molar-refractivity contribution in [3.05, 3.63) is 48.1 Å². The Morgan fingerprint density at radius 1 is 1.36 bits per heavy atom. The van der Waals surface area contributed by atoms with Crippen LogP contribution >= 0.6 is 55.0 Å².